The largest absolute Gasteiger partial charge is 0.507 e. The third-order valence-electron chi connectivity index (χ3n) is 4.03. The lowest BCUT2D eigenvalue weighted by molar-refractivity contribution is 0.477. The van der Waals surface area contributed by atoms with Crippen LogP contribution in [0.3, 0.4) is 0 Å². The monoisotopic (exact) mass is 349 g/mol. The number of hydrogen-bond acceptors (Lipinski definition) is 3. The Bertz CT molecular complexity index is 1050. The van der Waals surface area contributed by atoms with E-state index >= 15 is 0 Å². The van der Waals surface area contributed by atoms with Crippen molar-refractivity contribution in [2.45, 2.75) is 6.92 Å². The number of aromatic hydroxyl groups is 1. The number of phenolic OH excluding ortho intramolecular Hbond substituents is 1. The number of imidazole rings is 1. The zero-order chi connectivity index (χ0) is 17.4. The molecule has 0 atom stereocenters. The van der Waals surface area contributed by atoms with Gasteiger partial charge in [0.15, 0.2) is 0 Å². The number of aryl methyl sites for hydroxylation is 1. The van der Waals surface area contributed by atoms with E-state index < -0.39 is 0 Å². The van der Waals surface area contributed by atoms with Crippen LogP contribution < -0.4 is 5.32 Å². The lowest BCUT2D eigenvalue weighted by atomic mass is 10.1. The van der Waals surface area contributed by atoms with Crippen molar-refractivity contribution in [3.63, 3.8) is 0 Å². The molecule has 0 spiro atoms. The number of benzene rings is 2. The maximum Gasteiger partial charge on any atom is 0.143 e. The van der Waals surface area contributed by atoms with Crippen LogP contribution in [0.1, 0.15) is 5.56 Å². The zero-order valence-electron chi connectivity index (χ0n) is 13.6. The first kappa shape index (κ1) is 15.5. The van der Waals surface area contributed by atoms with Crippen molar-refractivity contribution in [1.82, 2.24) is 9.38 Å². The molecule has 0 aliphatic rings. The molecule has 4 rings (SSSR count). The molecule has 2 heterocycles. The van der Waals surface area contributed by atoms with Crippen LogP contribution >= 0.6 is 11.6 Å². The number of nitrogens with one attached hydrogen (secondary N) is 1. The van der Waals surface area contributed by atoms with Gasteiger partial charge < -0.3 is 10.4 Å². The number of nitrogens with zero attached hydrogens (tertiary/aromatic N) is 2. The Morgan fingerprint density at radius 3 is 2.52 bits per heavy atom. The second kappa shape index (κ2) is 6.15. The Kier molecular flexibility index (Phi) is 3.82. The average Bonchev–Trinajstić information content (AvgIpc) is 2.95. The van der Waals surface area contributed by atoms with Crippen molar-refractivity contribution in [3.8, 4) is 17.0 Å². The van der Waals surface area contributed by atoms with Crippen molar-refractivity contribution in [2.75, 3.05) is 5.32 Å². The van der Waals surface area contributed by atoms with Crippen LogP contribution in [-0.2, 0) is 0 Å². The lowest BCUT2D eigenvalue weighted by Gasteiger charge is -2.10. The molecule has 5 heteroatoms. The summed E-state index contributed by atoms with van der Waals surface area (Å²) in [6.45, 7) is 2.03. The van der Waals surface area contributed by atoms with Gasteiger partial charge in [-0.25, -0.2) is 4.98 Å². The van der Waals surface area contributed by atoms with Crippen LogP contribution in [0, 0.1) is 6.92 Å². The fourth-order valence-electron chi connectivity index (χ4n) is 2.80. The minimum atomic E-state index is 0.196. The summed E-state index contributed by atoms with van der Waals surface area (Å²) in [5.41, 5.74) is 4.19. The number of aromatic nitrogens is 2. The number of anilines is 2. The third-order valence-corrected chi connectivity index (χ3v) is 4.28. The molecule has 0 bridgehead atoms. The molecule has 0 fully saturated rings. The number of halogens is 1. The van der Waals surface area contributed by atoms with E-state index in [9.17, 15) is 5.11 Å². The normalized spacial score (nSPS) is 11.0. The van der Waals surface area contributed by atoms with Gasteiger partial charge in [-0.2, -0.15) is 0 Å². The second-order valence-corrected chi connectivity index (χ2v) is 6.33. The Morgan fingerprint density at radius 1 is 1.00 bits per heavy atom. The van der Waals surface area contributed by atoms with Gasteiger partial charge in [-0.15, -0.1) is 0 Å². The number of fused-ring (bicyclic) bond motifs is 1. The van der Waals surface area contributed by atoms with E-state index in [1.165, 1.54) is 0 Å². The van der Waals surface area contributed by atoms with Crippen LogP contribution in [-0.4, -0.2) is 14.5 Å². The molecule has 4 aromatic rings. The van der Waals surface area contributed by atoms with Crippen LogP contribution in [0.5, 0.6) is 5.75 Å². The molecule has 4 nitrogen and oxygen atoms in total. The smallest absolute Gasteiger partial charge is 0.143 e. The molecule has 2 aromatic carbocycles. The van der Waals surface area contributed by atoms with Crippen molar-refractivity contribution < 1.29 is 5.11 Å². The summed E-state index contributed by atoms with van der Waals surface area (Å²) < 4.78 is 1.99. The first-order valence-electron chi connectivity index (χ1n) is 7.91. The Labute approximate surface area is 150 Å². The highest BCUT2D eigenvalue weighted by Gasteiger charge is 2.17. The standard InChI is InChI=1S/C20H16ClN3O/c1-13-6-11-18-23-19(16-4-2-3-5-17(16)25)20(24(18)12-13)22-15-9-7-14(21)8-10-15/h2-12,22,25H,1H3. The number of hydrogen-bond donors (Lipinski definition) is 2. The van der Waals surface area contributed by atoms with Crippen molar-refractivity contribution in [3.05, 3.63) is 77.4 Å². The molecule has 0 unspecified atom stereocenters. The first-order chi connectivity index (χ1) is 12.1. The molecule has 2 N–H and O–H groups in total. The molecular weight excluding hydrogens is 334 g/mol. The fraction of sp³-hybridized carbons (Fsp3) is 0.0500. The summed E-state index contributed by atoms with van der Waals surface area (Å²) in [4.78, 5) is 4.71. The maximum absolute atomic E-state index is 10.3. The molecule has 2 aromatic heterocycles. The van der Waals surface area contributed by atoms with Crippen LogP contribution in [0.25, 0.3) is 16.9 Å². The van der Waals surface area contributed by atoms with E-state index in [1.807, 2.05) is 66.1 Å². The minimum absolute atomic E-state index is 0.196. The fourth-order valence-corrected chi connectivity index (χ4v) is 2.93. The van der Waals surface area contributed by atoms with Gasteiger partial charge in [0.05, 0.1) is 0 Å². The number of pyridine rings is 1. The van der Waals surface area contributed by atoms with Gasteiger partial charge >= 0.3 is 0 Å². The highest BCUT2D eigenvalue weighted by atomic mass is 35.5. The molecule has 0 aliphatic heterocycles. The van der Waals surface area contributed by atoms with Crippen molar-refractivity contribution in [2.24, 2.45) is 0 Å². The minimum Gasteiger partial charge on any atom is -0.507 e. The summed E-state index contributed by atoms with van der Waals surface area (Å²) in [7, 11) is 0. The second-order valence-electron chi connectivity index (χ2n) is 5.89. The number of para-hydroxylation sites is 1. The quantitative estimate of drug-likeness (QED) is 0.519. The Morgan fingerprint density at radius 2 is 1.76 bits per heavy atom. The number of phenols is 1. The predicted molar refractivity (Wildman–Crippen MR) is 102 cm³/mol. The van der Waals surface area contributed by atoms with Crippen LogP contribution in [0.15, 0.2) is 66.9 Å². The molecule has 0 amide bonds. The van der Waals surface area contributed by atoms with Crippen LogP contribution in [0.2, 0.25) is 5.02 Å². The summed E-state index contributed by atoms with van der Waals surface area (Å²) in [5.74, 6) is 0.990. The molecular formula is C20H16ClN3O. The van der Waals surface area contributed by atoms with Gasteiger partial charge in [-0.05, 0) is 55.0 Å². The van der Waals surface area contributed by atoms with E-state index in [-0.39, 0.29) is 5.75 Å². The van der Waals surface area contributed by atoms with Gasteiger partial charge in [0.1, 0.15) is 22.9 Å². The van der Waals surface area contributed by atoms with Crippen molar-refractivity contribution >= 4 is 28.8 Å². The Hall–Kier alpha value is -2.98. The van der Waals surface area contributed by atoms with E-state index in [1.54, 1.807) is 12.1 Å². The molecule has 0 saturated heterocycles. The summed E-state index contributed by atoms with van der Waals surface area (Å²) >= 11 is 5.98. The van der Waals surface area contributed by atoms with E-state index in [0.717, 1.165) is 22.7 Å². The SMILES string of the molecule is Cc1ccc2nc(-c3ccccc3O)c(Nc3ccc(Cl)cc3)n2c1. The molecule has 0 aliphatic carbocycles. The molecule has 0 radical (unpaired) electrons. The highest BCUT2D eigenvalue weighted by Crippen LogP contribution is 2.36. The summed E-state index contributed by atoms with van der Waals surface area (Å²) in [5, 5.41) is 14.4. The van der Waals surface area contributed by atoms with Crippen LogP contribution in [0.4, 0.5) is 11.5 Å². The number of rotatable bonds is 3. The zero-order valence-corrected chi connectivity index (χ0v) is 14.3. The first-order valence-corrected chi connectivity index (χ1v) is 8.29. The maximum atomic E-state index is 10.3. The average molecular weight is 350 g/mol. The molecule has 0 saturated carbocycles. The molecule has 124 valence electrons. The summed E-state index contributed by atoms with van der Waals surface area (Å²) in [6.07, 6.45) is 2.02. The highest BCUT2D eigenvalue weighted by molar-refractivity contribution is 6.30. The van der Waals surface area contributed by atoms with Gasteiger partial charge in [0, 0.05) is 22.5 Å². The van der Waals surface area contributed by atoms with E-state index in [4.69, 9.17) is 16.6 Å². The van der Waals surface area contributed by atoms with Gasteiger partial charge in [0.25, 0.3) is 0 Å². The molecule has 25 heavy (non-hydrogen) atoms. The van der Waals surface area contributed by atoms with Gasteiger partial charge in [-0.1, -0.05) is 29.8 Å². The lowest BCUT2D eigenvalue weighted by Crippen LogP contribution is -1.97. The van der Waals surface area contributed by atoms with E-state index in [2.05, 4.69) is 5.32 Å². The topological polar surface area (TPSA) is 49.6 Å². The Balaban J connectivity index is 1.93. The third kappa shape index (κ3) is 2.92. The summed E-state index contributed by atoms with van der Waals surface area (Å²) in [6, 6.07) is 18.7. The van der Waals surface area contributed by atoms with Crippen molar-refractivity contribution in [1.29, 1.82) is 0 Å². The van der Waals surface area contributed by atoms with E-state index in [0.29, 0.717) is 16.3 Å². The van der Waals surface area contributed by atoms with Gasteiger partial charge in [-0.3, -0.25) is 4.40 Å². The van der Waals surface area contributed by atoms with Gasteiger partial charge in [0.2, 0.25) is 0 Å². The predicted octanol–water partition coefficient (Wildman–Crippen LogP) is 5.41.